The van der Waals surface area contributed by atoms with Crippen molar-refractivity contribution in [1.82, 2.24) is 10.3 Å². The molecule has 1 heterocycles. The summed E-state index contributed by atoms with van der Waals surface area (Å²) in [4.78, 5) is 4.60. The Hall–Kier alpha value is -2.59. The maximum absolute atomic E-state index is 5.86. The van der Waals surface area contributed by atoms with Gasteiger partial charge in [-0.05, 0) is 43.8 Å². The van der Waals surface area contributed by atoms with Crippen LogP contribution in [0.4, 0.5) is 0 Å². The average Bonchev–Trinajstić information content (AvgIpc) is 2.97. The molecule has 0 amide bonds. The van der Waals surface area contributed by atoms with Gasteiger partial charge in [0, 0.05) is 18.5 Å². The summed E-state index contributed by atoms with van der Waals surface area (Å²) in [5, 5.41) is 3.14. The van der Waals surface area contributed by atoms with E-state index in [1.165, 1.54) is 5.56 Å². The molecule has 0 atom stereocenters. The number of aryl methyl sites for hydroxylation is 1. The minimum atomic E-state index is 0.574. The Morgan fingerprint density at radius 2 is 1.92 bits per heavy atom. The van der Waals surface area contributed by atoms with Crippen molar-refractivity contribution in [3.05, 3.63) is 71.6 Å². The Kier molecular flexibility index (Phi) is 5.29. The molecule has 0 saturated carbocycles. The fourth-order valence-corrected chi connectivity index (χ4v) is 2.58. The highest BCUT2D eigenvalue weighted by molar-refractivity contribution is 5.53. The maximum atomic E-state index is 5.86. The molecule has 0 aliphatic carbocycles. The lowest BCUT2D eigenvalue weighted by molar-refractivity contribution is 0.319. The molecule has 0 radical (unpaired) electrons. The fraction of sp³-hybridized carbons (Fsp3) is 0.250. The van der Waals surface area contributed by atoms with Crippen molar-refractivity contribution >= 4 is 0 Å². The third kappa shape index (κ3) is 4.03. The van der Waals surface area contributed by atoms with Gasteiger partial charge in [-0.3, -0.25) is 0 Å². The number of aromatic nitrogens is 1. The van der Waals surface area contributed by atoms with Gasteiger partial charge in [0.15, 0.2) is 0 Å². The number of hydrogen-bond acceptors (Lipinski definition) is 4. The summed E-state index contributed by atoms with van der Waals surface area (Å²) in [6.45, 7) is 3.35. The molecule has 2 aromatic carbocycles. The molecular weight excluding hydrogens is 300 g/mol. The largest absolute Gasteiger partial charge is 0.493 e. The monoisotopic (exact) mass is 322 g/mol. The van der Waals surface area contributed by atoms with E-state index in [0.29, 0.717) is 12.5 Å². The first-order chi connectivity index (χ1) is 11.8. The van der Waals surface area contributed by atoms with E-state index in [1.54, 1.807) is 0 Å². The quantitative estimate of drug-likeness (QED) is 0.714. The van der Waals surface area contributed by atoms with E-state index >= 15 is 0 Å². The highest BCUT2D eigenvalue weighted by Crippen LogP contribution is 2.22. The minimum Gasteiger partial charge on any atom is -0.493 e. The third-order valence-corrected chi connectivity index (χ3v) is 3.80. The molecule has 0 bridgehead atoms. The Balaban J connectivity index is 1.61. The van der Waals surface area contributed by atoms with Gasteiger partial charge in [-0.1, -0.05) is 30.3 Å². The Morgan fingerprint density at radius 3 is 2.71 bits per heavy atom. The maximum Gasteiger partial charge on any atom is 0.226 e. The molecule has 1 N–H and O–H groups in total. The first-order valence-corrected chi connectivity index (χ1v) is 8.14. The summed E-state index contributed by atoms with van der Waals surface area (Å²) < 4.78 is 11.6. The SMILES string of the molecule is CNCc1cccc(OCCc2nc(-c3ccccc3)oc2C)c1. The molecule has 0 aliphatic rings. The summed E-state index contributed by atoms with van der Waals surface area (Å²) in [6, 6.07) is 18.1. The minimum absolute atomic E-state index is 0.574. The van der Waals surface area contributed by atoms with E-state index in [-0.39, 0.29) is 0 Å². The van der Waals surface area contributed by atoms with Crippen molar-refractivity contribution in [1.29, 1.82) is 0 Å². The number of oxazole rings is 1. The van der Waals surface area contributed by atoms with Crippen LogP contribution in [0.1, 0.15) is 17.0 Å². The van der Waals surface area contributed by atoms with Crippen molar-refractivity contribution in [3.63, 3.8) is 0 Å². The molecule has 124 valence electrons. The van der Waals surface area contributed by atoms with E-state index in [0.717, 1.165) is 35.7 Å². The summed E-state index contributed by atoms with van der Waals surface area (Å²) in [6.07, 6.45) is 0.721. The summed E-state index contributed by atoms with van der Waals surface area (Å²) in [7, 11) is 1.94. The van der Waals surface area contributed by atoms with Crippen LogP contribution in [0.3, 0.4) is 0 Å². The fourth-order valence-electron chi connectivity index (χ4n) is 2.58. The Labute approximate surface area is 142 Å². The lowest BCUT2D eigenvalue weighted by Crippen LogP contribution is -2.06. The van der Waals surface area contributed by atoms with E-state index < -0.39 is 0 Å². The van der Waals surface area contributed by atoms with E-state index in [2.05, 4.69) is 22.4 Å². The van der Waals surface area contributed by atoms with Crippen molar-refractivity contribution in [3.8, 4) is 17.2 Å². The highest BCUT2D eigenvalue weighted by Gasteiger charge is 2.11. The lowest BCUT2D eigenvalue weighted by atomic mass is 10.2. The molecule has 4 heteroatoms. The zero-order chi connectivity index (χ0) is 16.8. The molecule has 0 unspecified atom stereocenters. The number of nitrogens with one attached hydrogen (secondary N) is 1. The Bertz CT molecular complexity index is 781. The van der Waals surface area contributed by atoms with Gasteiger partial charge in [0.05, 0.1) is 12.3 Å². The second kappa shape index (κ2) is 7.79. The van der Waals surface area contributed by atoms with E-state index in [9.17, 15) is 0 Å². The number of hydrogen-bond donors (Lipinski definition) is 1. The van der Waals surface area contributed by atoms with Crippen LogP contribution in [-0.4, -0.2) is 18.6 Å². The number of nitrogens with zero attached hydrogens (tertiary/aromatic N) is 1. The van der Waals surface area contributed by atoms with Crippen LogP contribution >= 0.6 is 0 Å². The number of benzene rings is 2. The van der Waals surface area contributed by atoms with Gasteiger partial charge in [-0.25, -0.2) is 4.98 Å². The van der Waals surface area contributed by atoms with Crippen LogP contribution in [0.15, 0.2) is 59.0 Å². The lowest BCUT2D eigenvalue weighted by Gasteiger charge is -2.07. The van der Waals surface area contributed by atoms with Crippen LogP contribution in [0, 0.1) is 6.92 Å². The Morgan fingerprint density at radius 1 is 1.08 bits per heavy atom. The standard InChI is InChI=1S/C20H22N2O2/c1-15-19(22-20(24-15)17-8-4-3-5-9-17)11-12-23-18-10-6-7-16(13-18)14-21-2/h3-10,13,21H,11-12,14H2,1-2H3. The second-order valence-corrected chi connectivity index (χ2v) is 5.66. The summed E-state index contributed by atoms with van der Waals surface area (Å²) >= 11 is 0. The smallest absolute Gasteiger partial charge is 0.226 e. The molecule has 0 aliphatic heterocycles. The van der Waals surface area contributed by atoms with Crippen LogP contribution in [0.5, 0.6) is 5.75 Å². The molecule has 3 rings (SSSR count). The van der Waals surface area contributed by atoms with Gasteiger partial charge in [0.2, 0.25) is 5.89 Å². The second-order valence-electron chi connectivity index (χ2n) is 5.66. The predicted molar refractivity (Wildman–Crippen MR) is 95.1 cm³/mol. The molecule has 1 aromatic heterocycles. The van der Waals surface area contributed by atoms with Gasteiger partial charge >= 0.3 is 0 Å². The highest BCUT2D eigenvalue weighted by atomic mass is 16.5. The first-order valence-electron chi connectivity index (χ1n) is 8.14. The van der Waals surface area contributed by atoms with Crippen LogP contribution < -0.4 is 10.1 Å². The van der Waals surface area contributed by atoms with Crippen LogP contribution in [0.2, 0.25) is 0 Å². The average molecular weight is 322 g/mol. The molecule has 3 aromatic rings. The van der Waals surface area contributed by atoms with E-state index in [4.69, 9.17) is 9.15 Å². The first kappa shape index (κ1) is 16.3. The molecular formula is C20H22N2O2. The van der Waals surface area contributed by atoms with Gasteiger partial charge in [-0.15, -0.1) is 0 Å². The van der Waals surface area contributed by atoms with Gasteiger partial charge < -0.3 is 14.5 Å². The molecule has 4 nitrogen and oxygen atoms in total. The summed E-state index contributed by atoms with van der Waals surface area (Å²) in [5.74, 6) is 2.40. The van der Waals surface area contributed by atoms with Crippen molar-refractivity contribution in [2.45, 2.75) is 19.9 Å². The normalized spacial score (nSPS) is 10.8. The topological polar surface area (TPSA) is 47.3 Å². The van der Waals surface area contributed by atoms with Gasteiger partial charge in [0.1, 0.15) is 11.5 Å². The van der Waals surface area contributed by atoms with Crippen molar-refractivity contribution < 1.29 is 9.15 Å². The van der Waals surface area contributed by atoms with Crippen molar-refractivity contribution in [2.75, 3.05) is 13.7 Å². The number of ether oxygens (including phenoxy) is 1. The molecule has 0 spiro atoms. The molecule has 0 fully saturated rings. The zero-order valence-corrected chi connectivity index (χ0v) is 14.1. The van der Waals surface area contributed by atoms with E-state index in [1.807, 2.05) is 56.4 Å². The predicted octanol–water partition coefficient (Wildman–Crippen LogP) is 3.99. The molecule has 24 heavy (non-hydrogen) atoms. The van der Waals surface area contributed by atoms with Crippen LogP contribution in [0.25, 0.3) is 11.5 Å². The zero-order valence-electron chi connectivity index (χ0n) is 14.1. The van der Waals surface area contributed by atoms with Crippen LogP contribution in [-0.2, 0) is 13.0 Å². The number of rotatable bonds is 7. The third-order valence-electron chi connectivity index (χ3n) is 3.80. The summed E-state index contributed by atoms with van der Waals surface area (Å²) in [5.41, 5.74) is 3.15. The van der Waals surface area contributed by atoms with Gasteiger partial charge in [-0.2, -0.15) is 0 Å². The van der Waals surface area contributed by atoms with Crippen molar-refractivity contribution in [2.24, 2.45) is 0 Å². The van der Waals surface area contributed by atoms with Gasteiger partial charge in [0.25, 0.3) is 0 Å². The molecule has 0 saturated heterocycles.